The number of imidazole rings is 1. The first-order valence-corrected chi connectivity index (χ1v) is 7.23. The van der Waals surface area contributed by atoms with Crippen LogP contribution in [0.25, 0.3) is 0 Å². The number of aryl methyl sites for hydroxylation is 1. The Bertz CT molecular complexity index is 790. The molecule has 3 rings (SSSR count). The largest absolute Gasteiger partial charge is 0.473 e. The summed E-state index contributed by atoms with van der Waals surface area (Å²) < 4.78 is 50.1. The normalized spacial score (nSPS) is 19.8. The number of pyridine rings is 1. The Morgan fingerprint density at radius 1 is 1.48 bits per heavy atom. The van der Waals surface area contributed by atoms with Gasteiger partial charge in [0.2, 0.25) is 5.88 Å². The summed E-state index contributed by atoms with van der Waals surface area (Å²) in [6, 6.07) is 2.10. The average molecular weight is 358 g/mol. The predicted molar refractivity (Wildman–Crippen MR) is 77.3 cm³/mol. The number of aromatic nitrogens is 3. The van der Waals surface area contributed by atoms with Crippen molar-refractivity contribution in [2.75, 3.05) is 6.61 Å². The van der Waals surface area contributed by atoms with Crippen LogP contribution in [0.4, 0.5) is 19.0 Å². The highest BCUT2D eigenvalue weighted by Crippen LogP contribution is 2.31. The third-order valence-electron chi connectivity index (χ3n) is 3.72. The maximum Gasteiger partial charge on any atom is 0.417 e. The quantitative estimate of drug-likeness (QED) is 0.616. The van der Waals surface area contributed by atoms with E-state index in [9.17, 15) is 23.3 Å². The van der Waals surface area contributed by atoms with Crippen LogP contribution in [0.15, 0.2) is 24.5 Å². The van der Waals surface area contributed by atoms with Gasteiger partial charge >= 0.3 is 18.0 Å². The van der Waals surface area contributed by atoms with Crippen molar-refractivity contribution in [3.05, 3.63) is 40.2 Å². The molecule has 0 fully saturated rings. The topological polar surface area (TPSA) is 92.3 Å². The van der Waals surface area contributed by atoms with Gasteiger partial charge in [0.1, 0.15) is 18.4 Å². The van der Waals surface area contributed by atoms with Gasteiger partial charge in [-0.3, -0.25) is 4.57 Å². The third kappa shape index (κ3) is 3.64. The first kappa shape index (κ1) is 17.0. The molecule has 2 aromatic rings. The summed E-state index contributed by atoms with van der Waals surface area (Å²) in [5.41, 5.74) is -1.70. The summed E-state index contributed by atoms with van der Waals surface area (Å²) in [6.45, 7) is 2.17. The van der Waals surface area contributed by atoms with Gasteiger partial charge in [0.15, 0.2) is 0 Å². The fourth-order valence-electron chi connectivity index (χ4n) is 2.31. The predicted octanol–water partition coefficient (Wildman–Crippen LogP) is 2.83. The molecule has 3 heterocycles. The van der Waals surface area contributed by atoms with Crippen molar-refractivity contribution in [3.63, 3.8) is 0 Å². The molecule has 0 radical (unpaired) electrons. The second kappa shape index (κ2) is 5.90. The summed E-state index contributed by atoms with van der Waals surface area (Å²) in [4.78, 5) is 17.5. The number of nitrogens with zero attached hydrogens (tertiary/aromatic N) is 4. The van der Waals surface area contributed by atoms with E-state index in [4.69, 9.17) is 9.47 Å². The van der Waals surface area contributed by atoms with Crippen LogP contribution in [0.3, 0.4) is 0 Å². The molecule has 8 nitrogen and oxygen atoms in total. The lowest BCUT2D eigenvalue weighted by atomic mass is 10.0. The van der Waals surface area contributed by atoms with E-state index in [2.05, 4.69) is 9.97 Å². The van der Waals surface area contributed by atoms with Crippen molar-refractivity contribution >= 4 is 5.82 Å². The van der Waals surface area contributed by atoms with Gasteiger partial charge in [-0.25, -0.2) is 4.98 Å². The van der Waals surface area contributed by atoms with Gasteiger partial charge in [0.05, 0.1) is 5.56 Å². The van der Waals surface area contributed by atoms with E-state index in [1.807, 2.05) is 0 Å². The Morgan fingerprint density at radius 2 is 2.24 bits per heavy atom. The number of rotatable bonds is 4. The molecule has 0 bridgehead atoms. The zero-order valence-corrected chi connectivity index (χ0v) is 13.0. The van der Waals surface area contributed by atoms with Crippen molar-refractivity contribution in [1.82, 2.24) is 14.5 Å². The fraction of sp³-hybridized carbons (Fsp3) is 0.429. The minimum Gasteiger partial charge on any atom is -0.473 e. The molecule has 25 heavy (non-hydrogen) atoms. The Morgan fingerprint density at radius 3 is 2.84 bits per heavy atom. The highest BCUT2D eigenvalue weighted by atomic mass is 19.4. The van der Waals surface area contributed by atoms with E-state index in [1.165, 1.54) is 10.8 Å². The molecule has 0 saturated carbocycles. The first-order valence-electron chi connectivity index (χ1n) is 7.23. The molecule has 11 heteroatoms. The zero-order chi connectivity index (χ0) is 18.2. The molecule has 0 amide bonds. The molecule has 0 spiro atoms. The third-order valence-corrected chi connectivity index (χ3v) is 3.72. The highest BCUT2D eigenvalue weighted by molar-refractivity contribution is 5.23. The smallest absolute Gasteiger partial charge is 0.417 e. The first-order chi connectivity index (χ1) is 11.7. The lowest BCUT2D eigenvalue weighted by molar-refractivity contribution is -0.389. The molecule has 0 aromatic carbocycles. The number of alkyl halides is 3. The molecule has 1 aliphatic heterocycles. The molecular formula is C14H13F3N4O4. The van der Waals surface area contributed by atoms with Crippen LogP contribution in [0.5, 0.6) is 11.9 Å². The maximum absolute atomic E-state index is 12.5. The van der Waals surface area contributed by atoms with Gasteiger partial charge in [-0.05, 0) is 17.9 Å². The van der Waals surface area contributed by atoms with Crippen LogP contribution in [-0.4, -0.2) is 31.7 Å². The molecule has 0 saturated heterocycles. The lowest BCUT2D eigenvalue weighted by Crippen LogP contribution is -2.43. The number of fused-ring (bicyclic) bond motifs is 1. The van der Waals surface area contributed by atoms with E-state index in [0.29, 0.717) is 19.2 Å². The van der Waals surface area contributed by atoms with Crippen molar-refractivity contribution < 1.29 is 27.6 Å². The van der Waals surface area contributed by atoms with Crippen LogP contribution in [0, 0.1) is 10.1 Å². The Kier molecular flexibility index (Phi) is 4.01. The summed E-state index contributed by atoms with van der Waals surface area (Å²) in [7, 11) is 0. The summed E-state index contributed by atoms with van der Waals surface area (Å²) in [6.07, 6.45) is -2.01. The van der Waals surface area contributed by atoms with Crippen LogP contribution >= 0.6 is 0 Å². The number of hydrogen-bond acceptors (Lipinski definition) is 6. The Hall–Kier alpha value is -2.85. The summed E-state index contributed by atoms with van der Waals surface area (Å²) >= 11 is 0. The monoisotopic (exact) mass is 358 g/mol. The molecule has 1 atom stereocenters. The van der Waals surface area contributed by atoms with Crippen LogP contribution in [0.2, 0.25) is 0 Å². The van der Waals surface area contributed by atoms with Gasteiger partial charge in [-0.15, -0.1) is 0 Å². The second-order valence-corrected chi connectivity index (χ2v) is 5.81. The van der Waals surface area contributed by atoms with Gasteiger partial charge < -0.3 is 19.6 Å². The van der Waals surface area contributed by atoms with Crippen molar-refractivity contribution in [3.8, 4) is 11.9 Å². The van der Waals surface area contributed by atoms with Crippen molar-refractivity contribution in [1.29, 1.82) is 0 Å². The van der Waals surface area contributed by atoms with Gasteiger partial charge in [-0.1, -0.05) is 0 Å². The van der Waals surface area contributed by atoms with Gasteiger partial charge in [-0.2, -0.15) is 13.2 Å². The number of ether oxygens (including phenoxy) is 2. The van der Waals surface area contributed by atoms with Crippen molar-refractivity contribution in [2.24, 2.45) is 0 Å². The zero-order valence-electron chi connectivity index (χ0n) is 13.0. The van der Waals surface area contributed by atoms with Gasteiger partial charge in [0.25, 0.3) is 0 Å². The van der Waals surface area contributed by atoms with E-state index in [1.54, 1.807) is 6.92 Å². The van der Waals surface area contributed by atoms with Crippen molar-refractivity contribution in [2.45, 2.75) is 31.7 Å². The number of halogens is 3. The highest BCUT2D eigenvalue weighted by Gasteiger charge is 2.37. The minimum atomic E-state index is -4.46. The van der Waals surface area contributed by atoms with Crippen LogP contribution in [0.1, 0.15) is 18.9 Å². The van der Waals surface area contributed by atoms with E-state index in [-0.39, 0.29) is 24.3 Å². The molecule has 0 unspecified atom stereocenters. The minimum absolute atomic E-state index is 0.00597. The standard InChI is InChI=1S/C14H13F3N4O4/c1-13(4-5-20-7-10(21(22)23)19-12(20)25-13)8-24-11-3-2-9(6-18-11)14(15,16)17/h2-3,6-7H,4-5,8H2,1H3/t13-/m0/s1. The molecule has 0 aliphatic carbocycles. The van der Waals surface area contributed by atoms with E-state index < -0.39 is 22.3 Å². The second-order valence-electron chi connectivity index (χ2n) is 5.81. The molecule has 134 valence electrons. The summed E-state index contributed by atoms with van der Waals surface area (Å²) in [5.74, 6) is -0.290. The van der Waals surface area contributed by atoms with Crippen LogP contribution < -0.4 is 9.47 Å². The summed E-state index contributed by atoms with van der Waals surface area (Å²) in [5, 5.41) is 10.8. The van der Waals surface area contributed by atoms with E-state index in [0.717, 1.165) is 12.1 Å². The lowest BCUT2D eigenvalue weighted by Gasteiger charge is -2.32. The maximum atomic E-state index is 12.5. The Labute approximate surface area is 139 Å². The average Bonchev–Trinajstić information content (AvgIpc) is 2.96. The SMILES string of the molecule is C[C@@]1(COc2ccc(C(F)(F)F)cn2)CCn2cc([N+](=O)[O-])nc2O1. The number of nitro groups is 1. The Balaban J connectivity index is 1.65. The van der Waals surface area contributed by atoms with Crippen LogP contribution in [-0.2, 0) is 12.7 Å². The molecular weight excluding hydrogens is 345 g/mol. The van der Waals surface area contributed by atoms with E-state index >= 15 is 0 Å². The number of hydrogen-bond donors (Lipinski definition) is 0. The fourth-order valence-corrected chi connectivity index (χ4v) is 2.31. The van der Waals surface area contributed by atoms with Gasteiger partial charge in [0, 0.05) is 30.2 Å². The molecule has 1 aliphatic rings. The molecule has 0 N–H and O–H groups in total. The molecule has 2 aromatic heterocycles.